The van der Waals surface area contributed by atoms with Gasteiger partial charge in [0.2, 0.25) is 0 Å². The van der Waals surface area contributed by atoms with E-state index in [1.165, 1.54) is 5.57 Å². The van der Waals surface area contributed by atoms with Gasteiger partial charge in [-0.2, -0.15) is 0 Å². The maximum absolute atomic E-state index is 14.1. The van der Waals surface area contributed by atoms with Gasteiger partial charge in [-0.1, -0.05) is 61.0 Å². The quantitative estimate of drug-likeness (QED) is 0.240. The summed E-state index contributed by atoms with van der Waals surface area (Å²) in [5, 5.41) is 43.7. The zero-order chi connectivity index (χ0) is 31.3. The lowest BCUT2D eigenvalue weighted by Gasteiger charge is -2.46. The topological polar surface area (TPSA) is 110 Å². The fourth-order valence-corrected chi connectivity index (χ4v) is 7.95. The van der Waals surface area contributed by atoms with Crippen LogP contribution >= 0.6 is 0 Å². The first-order valence-corrected chi connectivity index (χ1v) is 16.5. The Kier molecular flexibility index (Phi) is 10.8. The van der Waals surface area contributed by atoms with Crippen LogP contribution in [0, 0.1) is 5.41 Å². The number of carbonyl (C=O) groups is 1. The highest BCUT2D eigenvalue weighted by Gasteiger charge is 2.57. The first-order chi connectivity index (χ1) is 21.1. The van der Waals surface area contributed by atoms with Crippen molar-refractivity contribution in [2.45, 2.75) is 101 Å². The molecule has 0 amide bonds. The second-order valence-corrected chi connectivity index (χ2v) is 13.8. The van der Waals surface area contributed by atoms with E-state index in [1.54, 1.807) is 0 Å². The van der Waals surface area contributed by atoms with Crippen LogP contribution in [-0.4, -0.2) is 87.9 Å². The summed E-state index contributed by atoms with van der Waals surface area (Å²) in [5.41, 5.74) is 2.75. The Labute approximate surface area is 262 Å². The van der Waals surface area contributed by atoms with Crippen LogP contribution in [0.3, 0.4) is 0 Å². The van der Waals surface area contributed by atoms with E-state index in [0.29, 0.717) is 43.5 Å². The third kappa shape index (κ3) is 7.35. The average molecular weight is 606 g/mol. The molecule has 2 aromatic carbocycles. The Bertz CT molecular complexity index is 1290. The number of ketones is 1. The molecule has 1 aliphatic heterocycles. The van der Waals surface area contributed by atoms with Gasteiger partial charge in [0.15, 0.2) is 5.78 Å². The lowest BCUT2D eigenvalue weighted by atomic mass is 9.64. The molecular weight excluding hydrogens is 554 g/mol. The normalized spacial score (nSPS) is 30.2. The monoisotopic (exact) mass is 605 g/mol. The summed E-state index contributed by atoms with van der Waals surface area (Å²) < 4.78 is 5.93. The molecular formula is C37H51NO6. The minimum atomic E-state index is -1.09. The van der Waals surface area contributed by atoms with Gasteiger partial charge in [0.1, 0.15) is 0 Å². The van der Waals surface area contributed by atoms with E-state index in [4.69, 9.17) is 4.74 Å². The van der Waals surface area contributed by atoms with Crippen LogP contribution in [0.5, 0.6) is 0 Å². The van der Waals surface area contributed by atoms with Crippen molar-refractivity contribution in [3.63, 3.8) is 0 Å². The molecule has 0 aromatic heterocycles. The number of rotatable bonds is 9. The molecule has 1 saturated carbocycles. The summed E-state index contributed by atoms with van der Waals surface area (Å²) in [6, 6.07) is 15.4. The number of aliphatic hydroxyl groups excluding tert-OH is 3. The van der Waals surface area contributed by atoms with Gasteiger partial charge in [-0.15, -0.1) is 0 Å². The molecule has 4 N–H and O–H groups in total. The highest BCUT2D eigenvalue weighted by molar-refractivity contribution is 6.10. The summed E-state index contributed by atoms with van der Waals surface area (Å²) >= 11 is 0. The first-order valence-electron chi connectivity index (χ1n) is 16.5. The zero-order valence-electron chi connectivity index (χ0n) is 26.5. The molecule has 2 bridgehead atoms. The van der Waals surface area contributed by atoms with Crippen LogP contribution in [0.15, 0.2) is 60.2 Å². The Hall–Kier alpha value is -2.39. The lowest BCUT2D eigenvalue weighted by molar-refractivity contribution is -0.0945. The third-order valence-electron chi connectivity index (χ3n) is 10.6. The van der Waals surface area contributed by atoms with Crippen LogP contribution in [0.2, 0.25) is 0 Å². The van der Waals surface area contributed by atoms with Gasteiger partial charge in [-0.3, -0.25) is 9.69 Å². The van der Waals surface area contributed by atoms with E-state index in [1.807, 2.05) is 42.5 Å². The number of carbonyl (C=O) groups excluding carboxylic acids is 1. The van der Waals surface area contributed by atoms with Crippen molar-refractivity contribution in [3.05, 3.63) is 82.4 Å². The van der Waals surface area contributed by atoms with Crippen LogP contribution in [0.4, 0.5) is 0 Å². The van der Waals surface area contributed by atoms with E-state index in [2.05, 4.69) is 30.9 Å². The third-order valence-corrected chi connectivity index (χ3v) is 10.6. The van der Waals surface area contributed by atoms with Crippen molar-refractivity contribution in [2.75, 3.05) is 32.8 Å². The largest absolute Gasteiger partial charge is 0.394 e. The number of allylic oxidation sites excluding steroid dienone is 2. The van der Waals surface area contributed by atoms with E-state index in [9.17, 15) is 25.2 Å². The van der Waals surface area contributed by atoms with Gasteiger partial charge >= 0.3 is 0 Å². The molecule has 0 spiro atoms. The van der Waals surface area contributed by atoms with Crippen molar-refractivity contribution in [3.8, 4) is 0 Å². The number of aliphatic hydroxyl groups is 4. The summed E-state index contributed by atoms with van der Waals surface area (Å²) in [7, 11) is 0. The molecule has 4 aliphatic rings. The summed E-state index contributed by atoms with van der Waals surface area (Å²) in [4.78, 5) is 16.2. The van der Waals surface area contributed by atoms with Gasteiger partial charge in [0, 0.05) is 42.8 Å². The van der Waals surface area contributed by atoms with Gasteiger partial charge in [-0.05, 0) is 87.8 Å². The van der Waals surface area contributed by atoms with E-state index < -0.39 is 23.2 Å². The second-order valence-electron chi connectivity index (χ2n) is 13.8. The number of ether oxygens (including phenoxy) is 1. The number of fused-ring (bicyclic) bond motifs is 8. The standard InChI is InChI=1S/C37H51NO6/c1-26-8-6-17-36(2)34(16-18-37(36,43)25-38(22-30(41)24-39)23-31-11-7-19-44-31)32-15-13-27(20-29(40)14-12-26)21-33(32)35(42)28-9-4-3-5-10-28/h3-5,8-10,13,15,21,29-31,34,39-41,43H,6-7,11-12,14,16-20,22-25H2,1-2H3. The number of nitrogens with zero attached hydrogens (tertiary/aromatic N) is 1. The highest BCUT2D eigenvalue weighted by atomic mass is 16.5. The first kappa shape index (κ1) is 33.0. The van der Waals surface area contributed by atoms with Crippen LogP contribution < -0.4 is 0 Å². The van der Waals surface area contributed by atoms with Crippen molar-refractivity contribution >= 4 is 5.78 Å². The Balaban J connectivity index is 1.56. The Morgan fingerprint density at radius 2 is 1.91 bits per heavy atom. The lowest BCUT2D eigenvalue weighted by Crippen LogP contribution is -2.55. The minimum Gasteiger partial charge on any atom is -0.394 e. The maximum Gasteiger partial charge on any atom is 0.193 e. The van der Waals surface area contributed by atoms with Crippen molar-refractivity contribution in [1.29, 1.82) is 0 Å². The van der Waals surface area contributed by atoms with Crippen molar-refractivity contribution in [2.24, 2.45) is 5.41 Å². The van der Waals surface area contributed by atoms with Gasteiger partial charge < -0.3 is 25.2 Å². The maximum atomic E-state index is 14.1. The van der Waals surface area contributed by atoms with Gasteiger partial charge in [0.25, 0.3) is 0 Å². The fourth-order valence-electron chi connectivity index (χ4n) is 7.95. The van der Waals surface area contributed by atoms with E-state index in [-0.39, 0.29) is 31.0 Å². The van der Waals surface area contributed by atoms with E-state index >= 15 is 0 Å². The van der Waals surface area contributed by atoms with E-state index in [0.717, 1.165) is 56.3 Å². The molecule has 0 radical (unpaired) electrons. The minimum absolute atomic E-state index is 0.0383. The van der Waals surface area contributed by atoms with Crippen LogP contribution in [0.25, 0.3) is 0 Å². The molecule has 6 rings (SSSR count). The Morgan fingerprint density at radius 3 is 2.64 bits per heavy atom. The number of benzene rings is 2. The second kappa shape index (κ2) is 14.4. The number of hydrogen-bond donors (Lipinski definition) is 4. The number of hydrogen-bond acceptors (Lipinski definition) is 7. The molecule has 240 valence electrons. The van der Waals surface area contributed by atoms with Crippen molar-refractivity contribution < 1.29 is 30.0 Å². The molecule has 44 heavy (non-hydrogen) atoms. The summed E-state index contributed by atoms with van der Waals surface area (Å²) in [6.07, 6.45) is 7.58. The summed E-state index contributed by atoms with van der Waals surface area (Å²) in [5.74, 6) is -0.109. The molecule has 1 heterocycles. The molecule has 7 heteroatoms. The van der Waals surface area contributed by atoms with Crippen LogP contribution in [-0.2, 0) is 11.2 Å². The smallest absolute Gasteiger partial charge is 0.193 e. The molecule has 1 saturated heterocycles. The Morgan fingerprint density at radius 1 is 1.11 bits per heavy atom. The summed E-state index contributed by atoms with van der Waals surface area (Å²) in [6.45, 7) is 5.88. The van der Waals surface area contributed by atoms with Crippen molar-refractivity contribution in [1.82, 2.24) is 4.90 Å². The molecule has 6 unspecified atom stereocenters. The van der Waals surface area contributed by atoms with Crippen LogP contribution in [0.1, 0.15) is 98.2 Å². The molecule has 2 fully saturated rings. The predicted octanol–water partition coefficient (Wildman–Crippen LogP) is 4.79. The van der Waals surface area contributed by atoms with Gasteiger partial charge in [0.05, 0.1) is 30.5 Å². The molecule has 2 aromatic rings. The fraction of sp³-hybridized carbons (Fsp3) is 0.595. The van der Waals surface area contributed by atoms with Gasteiger partial charge in [-0.25, -0.2) is 0 Å². The SMILES string of the molecule is CC1=CCCC2(C)C(CCC2(O)CN(CC(O)CO)CC2CCCO2)c2ccc(cc2C(=O)c2ccccc2)CC(O)CC1. The zero-order valence-corrected chi connectivity index (χ0v) is 26.5. The molecule has 6 atom stereocenters. The average Bonchev–Trinajstić information content (AvgIpc) is 3.61. The highest BCUT2D eigenvalue weighted by Crippen LogP contribution is 2.59. The molecule has 7 nitrogen and oxygen atoms in total. The predicted molar refractivity (Wildman–Crippen MR) is 172 cm³/mol. The molecule has 3 aliphatic carbocycles.